The van der Waals surface area contributed by atoms with Gasteiger partial charge in [0.2, 0.25) is 0 Å². The standard InChI is InChI=1S/C20H25NO4/c1-13(19(23)21-12-14-6-3-2-4-7-14)25-20(24)17-10-15-8-5-9-16(11-17)18(15)22/h2-4,6-7,13,15-17H,5,8-12H2,1H3,(H,21,23)/t13-,15-,16+,17?/m1/s1. The second kappa shape index (κ2) is 7.81. The molecule has 0 saturated heterocycles. The smallest absolute Gasteiger partial charge is 0.309 e. The third-order valence-electron chi connectivity index (χ3n) is 5.35. The van der Waals surface area contributed by atoms with E-state index in [9.17, 15) is 14.4 Å². The van der Waals surface area contributed by atoms with Crippen molar-refractivity contribution in [1.82, 2.24) is 5.32 Å². The van der Waals surface area contributed by atoms with Crippen LogP contribution < -0.4 is 5.32 Å². The van der Waals surface area contributed by atoms with Crippen LogP contribution in [0.3, 0.4) is 0 Å². The van der Waals surface area contributed by atoms with Crippen LogP contribution in [0.2, 0.25) is 0 Å². The van der Waals surface area contributed by atoms with Crippen LogP contribution in [-0.2, 0) is 25.7 Å². The summed E-state index contributed by atoms with van der Waals surface area (Å²) in [6.45, 7) is 2.00. The average Bonchev–Trinajstić information content (AvgIpc) is 2.60. The van der Waals surface area contributed by atoms with Crippen LogP contribution >= 0.6 is 0 Å². The van der Waals surface area contributed by atoms with E-state index < -0.39 is 6.10 Å². The van der Waals surface area contributed by atoms with Gasteiger partial charge in [0, 0.05) is 18.4 Å². The molecule has 5 nitrogen and oxygen atoms in total. The lowest BCUT2D eigenvalue weighted by atomic mass is 9.67. The molecule has 0 aromatic heterocycles. The van der Waals surface area contributed by atoms with Gasteiger partial charge in [-0.3, -0.25) is 14.4 Å². The van der Waals surface area contributed by atoms with Crippen molar-refractivity contribution in [3.05, 3.63) is 35.9 Å². The molecule has 1 aromatic rings. The van der Waals surface area contributed by atoms with Crippen molar-refractivity contribution in [1.29, 1.82) is 0 Å². The number of amides is 1. The predicted molar refractivity (Wildman–Crippen MR) is 92.4 cm³/mol. The van der Waals surface area contributed by atoms with Gasteiger partial charge in [0.25, 0.3) is 5.91 Å². The zero-order valence-electron chi connectivity index (χ0n) is 14.6. The van der Waals surface area contributed by atoms with Gasteiger partial charge < -0.3 is 10.1 Å². The van der Waals surface area contributed by atoms with Crippen molar-refractivity contribution < 1.29 is 19.1 Å². The van der Waals surface area contributed by atoms with E-state index in [4.69, 9.17) is 4.74 Å². The number of esters is 1. The molecule has 2 aliphatic carbocycles. The minimum atomic E-state index is -0.825. The maximum Gasteiger partial charge on any atom is 0.309 e. The summed E-state index contributed by atoms with van der Waals surface area (Å²) < 4.78 is 5.38. The average molecular weight is 343 g/mol. The van der Waals surface area contributed by atoms with Crippen molar-refractivity contribution in [3.63, 3.8) is 0 Å². The molecule has 134 valence electrons. The number of Topliss-reactive ketones (excluding diaryl/α,β-unsaturated/α-hetero) is 1. The van der Waals surface area contributed by atoms with E-state index in [2.05, 4.69) is 5.32 Å². The second-order valence-corrected chi connectivity index (χ2v) is 7.18. The maximum atomic E-state index is 12.4. The summed E-state index contributed by atoms with van der Waals surface area (Å²) in [5.41, 5.74) is 0.994. The number of hydrogen-bond donors (Lipinski definition) is 1. The van der Waals surface area contributed by atoms with Crippen molar-refractivity contribution in [2.24, 2.45) is 17.8 Å². The summed E-state index contributed by atoms with van der Waals surface area (Å²) in [6.07, 6.45) is 3.16. The Morgan fingerprint density at radius 1 is 1.16 bits per heavy atom. The van der Waals surface area contributed by atoms with Gasteiger partial charge in [0.05, 0.1) is 5.92 Å². The molecule has 25 heavy (non-hydrogen) atoms. The summed E-state index contributed by atoms with van der Waals surface area (Å²) in [5, 5.41) is 2.78. The van der Waals surface area contributed by atoms with Crippen LogP contribution in [0.25, 0.3) is 0 Å². The lowest BCUT2D eigenvalue weighted by Crippen LogP contribution is -2.42. The van der Waals surface area contributed by atoms with Gasteiger partial charge in [-0.1, -0.05) is 36.8 Å². The van der Waals surface area contributed by atoms with Crippen molar-refractivity contribution in [2.75, 3.05) is 0 Å². The third-order valence-corrected chi connectivity index (χ3v) is 5.35. The number of ether oxygens (including phenoxy) is 1. The van der Waals surface area contributed by atoms with Crippen molar-refractivity contribution in [2.45, 2.75) is 51.7 Å². The minimum absolute atomic E-state index is 0.00673. The first kappa shape index (κ1) is 17.6. The first-order valence-corrected chi connectivity index (χ1v) is 9.10. The van der Waals surface area contributed by atoms with Crippen molar-refractivity contribution in [3.8, 4) is 0 Å². The molecule has 3 rings (SSSR count). The first-order chi connectivity index (χ1) is 12.0. The number of fused-ring (bicyclic) bond motifs is 2. The Hall–Kier alpha value is -2.17. The molecule has 0 aliphatic heterocycles. The van der Waals surface area contributed by atoms with Crippen molar-refractivity contribution >= 4 is 17.7 Å². The highest BCUT2D eigenvalue weighted by Crippen LogP contribution is 2.40. The van der Waals surface area contributed by atoms with E-state index in [1.165, 1.54) is 0 Å². The summed E-state index contributed by atoms with van der Waals surface area (Å²) in [7, 11) is 0. The highest BCUT2D eigenvalue weighted by Gasteiger charge is 2.42. The normalized spacial score (nSPS) is 26.6. The van der Waals surface area contributed by atoms with Gasteiger partial charge in [0.15, 0.2) is 6.10 Å². The van der Waals surface area contributed by atoms with Gasteiger partial charge in [-0.15, -0.1) is 0 Å². The topological polar surface area (TPSA) is 72.5 Å². The predicted octanol–water partition coefficient (Wildman–Crippen LogP) is 2.63. The highest BCUT2D eigenvalue weighted by molar-refractivity contribution is 5.88. The van der Waals surface area contributed by atoms with E-state index in [1.807, 2.05) is 30.3 Å². The number of ketones is 1. The molecular weight excluding hydrogens is 318 g/mol. The largest absolute Gasteiger partial charge is 0.452 e. The summed E-state index contributed by atoms with van der Waals surface area (Å²) in [4.78, 5) is 36.7. The quantitative estimate of drug-likeness (QED) is 0.834. The molecule has 1 amide bonds. The molecule has 5 heteroatoms. The zero-order valence-corrected chi connectivity index (χ0v) is 14.6. The second-order valence-electron chi connectivity index (χ2n) is 7.18. The van der Waals surface area contributed by atoms with Gasteiger partial charge in [-0.05, 0) is 38.2 Å². The Morgan fingerprint density at radius 2 is 1.80 bits per heavy atom. The number of hydrogen-bond acceptors (Lipinski definition) is 4. The Labute approximate surface area is 148 Å². The molecule has 1 aromatic carbocycles. The number of nitrogens with one attached hydrogen (secondary N) is 1. The van der Waals surface area contributed by atoms with Gasteiger partial charge in [-0.25, -0.2) is 0 Å². The Kier molecular flexibility index (Phi) is 5.51. The van der Waals surface area contributed by atoms with Gasteiger partial charge in [-0.2, -0.15) is 0 Å². The molecule has 2 bridgehead atoms. The Morgan fingerprint density at radius 3 is 2.44 bits per heavy atom. The molecule has 2 fully saturated rings. The SMILES string of the molecule is C[C@@H](OC(=O)C1C[C@H]2CCC[C@@H](C1)C2=O)C(=O)NCc1ccccc1. The maximum absolute atomic E-state index is 12.4. The lowest BCUT2D eigenvalue weighted by Gasteiger charge is -2.36. The fourth-order valence-corrected chi connectivity index (χ4v) is 3.92. The number of carbonyl (C=O) groups excluding carboxylic acids is 3. The fraction of sp³-hybridized carbons (Fsp3) is 0.550. The summed E-state index contributed by atoms with van der Waals surface area (Å²) in [5.74, 6) is -0.558. The molecule has 0 heterocycles. The van der Waals surface area contributed by atoms with E-state index in [1.54, 1.807) is 6.92 Å². The third kappa shape index (κ3) is 4.27. The van der Waals surface area contributed by atoms with E-state index in [0.717, 1.165) is 24.8 Å². The molecule has 0 spiro atoms. The first-order valence-electron chi connectivity index (χ1n) is 9.10. The summed E-state index contributed by atoms with van der Waals surface area (Å²) >= 11 is 0. The van der Waals surface area contributed by atoms with E-state index >= 15 is 0 Å². The molecule has 0 radical (unpaired) electrons. The minimum Gasteiger partial charge on any atom is -0.452 e. The zero-order chi connectivity index (χ0) is 17.8. The number of benzene rings is 1. The lowest BCUT2D eigenvalue weighted by molar-refractivity contribution is -0.162. The monoisotopic (exact) mass is 343 g/mol. The molecule has 2 aliphatic rings. The Bertz CT molecular complexity index is 626. The number of rotatable bonds is 5. The molecular formula is C20H25NO4. The van der Waals surface area contributed by atoms with Gasteiger partial charge >= 0.3 is 5.97 Å². The number of carbonyl (C=O) groups is 3. The van der Waals surface area contributed by atoms with Crippen LogP contribution in [0.5, 0.6) is 0 Å². The molecule has 2 saturated carbocycles. The Balaban J connectivity index is 1.48. The molecule has 1 unspecified atom stereocenters. The van der Waals surface area contributed by atoms with Crippen LogP contribution in [0.1, 0.15) is 44.6 Å². The van der Waals surface area contributed by atoms with E-state index in [-0.39, 0.29) is 29.6 Å². The van der Waals surface area contributed by atoms with Gasteiger partial charge in [0.1, 0.15) is 5.78 Å². The highest BCUT2D eigenvalue weighted by atomic mass is 16.5. The van der Waals surface area contributed by atoms with Crippen LogP contribution in [-0.4, -0.2) is 23.8 Å². The van der Waals surface area contributed by atoms with E-state index in [0.29, 0.717) is 25.2 Å². The van der Waals surface area contributed by atoms with Crippen LogP contribution in [0.4, 0.5) is 0 Å². The summed E-state index contributed by atoms with van der Waals surface area (Å²) in [6, 6.07) is 9.59. The fourth-order valence-electron chi connectivity index (χ4n) is 3.92. The van der Waals surface area contributed by atoms with Crippen LogP contribution in [0, 0.1) is 17.8 Å². The molecule has 4 atom stereocenters. The van der Waals surface area contributed by atoms with Crippen LogP contribution in [0.15, 0.2) is 30.3 Å². The molecule has 1 N–H and O–H groups in total.